The van der Waals surface area contributed by atoms with Crippen LogP contribution >= 0.6 is 13.6 Å². The van der Waals surface area contributed by atoms with Gasteiger partial charge in [-0.15, -0.1) is 0 Å². The van der Waals surface area contributed by atoms with Crippen molar-refractivity contribution < 1.29 is 42.7 Å². The van der Waals surface area contributed by atoms with Gasteiger partial charge in [-0.1, -0.05) is 11.1 Å². The summed E-state index contributed by atoms with van der Waals surface area (Å²) in [6, 6.07) is 2.54. The van der Waals surface area contributed by atoms with E-state index in [4.69, 9.17) is 0 Å². The van der Waals surface area contributed by atoms with Crippen molar-refractivity contribution in [1.82, 2.24) is 0 Å². The molecule has 8 heteroatoms. The predicted octanol–water partition coefficient (Wildman–Crippen LogP) is 4.37. The van der Waals surface area contributed by atoms with Crippen molar-refractivity contribution in [3.05, 3.63) is 35.4 Å². The Labute approximate surface area is 104 Å². The van der Waals surface area contributed by atoms with Crippen LogP contribution in [-0.4, -0.2) is 0 Å². The second-order valence-corrected chi connectivity index (χ2v) is 2.49. The first-order chi connectivity index (χ1) is 7.21. The molecule has 0 fully saturated rings. The van der Waals surface area contributed by atoms with Crippen molar-refractivity contribution in [3.8, 4) is 0 Å². The Balaban J connectivity index is 0.00000106. The van der Waals surface area contributed by atoms with Gasteiger partial charge in [0.15, 0.2) is 0 Å². The molecule has 0 aliphatic rings. The molecule has 86 valence electrons. The molecule has 0 aliphatic carbocycles. The molecule has 0 saturated carbocycles. The fourth-order valence-corrected chi connectivity index (χ4v) is 0.777. The Morgan fingerprint density at radius 1 is 0.938 bits per heavy atom. The molecule has 0 amide bonds. The van der Waals surface area contributed by atoms with Gasteiger partial charge in [-0.25, -0.2) is 0 Å². The second-order valence-electron chi connectivity index (χ2n) is 2.49. The quantitative estimate of drug-likeness (QED) is 0.367. The topological polar surface area (TPSA) is 0 Å². The SMILES string of the molecule is FC(F)(F)c1[c-]cc(C(F)(F)F)cc1.[Zn+][Br]. The predicted molar refractivity (Wildman–Crippen MR) is 44.2 cm³/mol. The Morgan fingerprint density at radius 3 is 1.69 bits per heavy atom. The van der Waals surface area contributed by atoms with E-state index in [1.54, 1.807) is 0 Å². The summed E-state index contributed by atoms with van der Waals surface area (Å²) in [4.78, 5) is 0. The van der Waals surface area contributed by atoms with Gasteiger partial charge in [0.1, 0.15) is 0 Å². The summed E-state index contributed by atoms with van der Waals surface area (Å²) >= 11 is 4.25. The summed E-state index contributed by atoms with van der Waals surface area (Å²) in [6.45, 7) is 0. The van der Waals surface area contributed by atoms with Gasteiger partial charge in [0, 0.05) is 0 Å². The van der Waals surface area contributed by atoms with E-state index in [0.717, 1.165) is 0 Å². The number of hydrogen-bond acceptors (Lipinski definition) is 0. The molecule has 0 spiro atoms. The molecule has 0 aliphatic heterocycles. The molecule has 0 atom stereocenters. The molecule has 1 aromatic rings. The number of alkyl halides is 6. The average Bonchev–Trinajstić information content (AvgIpc) is 2.18. The van der Waals surface area contributed by atoms with Crippen LogP contribution < -0.4 is 0 Å². The van der Waals surface area contributed by atoms with Crippen LogP contribution in [0, 0.1) is 6.07 Å². The van der Waals surface area contributed by atoms with Crippen LogP contribution in [0.5, 0.6) is 0 Å². The minimum absolute atomic E-state index is 0.281. The summed E-state index contributed by atoms with van der Waals surface area (Å²) in [7, 11) is 0. The molecule has 0 heterocycles. The first-order valence-electron chi connectivity index (χ1n) is 3.64. The molecule has 0 saturated heterocycles. The van der Waals surface area contributed by atoms with Crippen LogP contribution in [0.4, 0.5) is 26.3 Å². The van der Waals surface area contributed by atoms with Gasteiger partial charge in [-0.2, -0.15) is 50.6 Å². The van der Waals surface area contributed by atoms with Crippen LogP contribution in [0.15, 0.2) is 18.2 Å². The first-order valence-corrected chi connectivity index (χ1v) is 10.6. The Kier molecular flexibility index (Phi) is 5.97. The van der Waals surface area contributed by atoms with Gasteiger partial charge in [-0.3, -0.25) is 0 Å². The van der Waals surface area contributed by atoms with Crippen LogP contribution in [0.3, 0.4) is 0 Å². The number of benzene rings is 1. The molecule has 0 bridgehead atoms. The fraction of sp³-hybridized carbons (Fsp3) is 0.250. The van der Waals surface area contributed by atoms with Crippen LogP contribution in [0.25, 0.3) is 0 Å². The van der Waals surface area contributed by atoms with Crippen LogP contribution in [0.1, 0.15) is 11.1 Å². The molecule has 0 nitrogen and oxygen atoms in total. The zero-order chi connectivity index (χ0) is 13.0. The van der Waals surface area contributed by atoms with Gasteiger partial charge in [0.25, 0.3) is 0 Å². The van der Waals surface area contributed by atoms with Crippen molar-refractivity contribution >= 4 is 13.6 Å². The molecule has 1 rings (SSSR count). The van der Waals surface area contributed by atoms with Crippen LogP contribution in [-0.2, 0) is 28.7 Å². The standard InChI is InChI=1S/C8H3F6.BrH.Zn/c9-7(10,11)5-1-2-6(4-3-5)8(12,13)14;;/h1-3H;1H;/q-1;;+2/p-1. The summed E-state index contributed by atoms with van der Waals surface area (Å²) in [6.07, 6.45) is -9.30. The van der Waals surface area contributed by atoms with E-state index in [1.807, 2.05) is 0 Å². The third-order valence-corrected chi connectivity index (χ3v) is 1.45. The molecular weight excluding hydrogens is 355 g/mol. The van der Waals surface area contributed by atoms with E-state index in [9.17, 15) is 26.3 Å². The molecular formula is C8H3BrF6Zn. The minimum atomic E-state index is -4.66. The van der Waals surface area contributed by atoms with E-state index in [-0.39, 0.29) is 6.07 Å². The second kappa shape index (κ2) is 6.00. The van der Waals surface area contributed by atoms with E-state index in [1.165, 1.54) is 22.4 Å². The number of halogens is 7. The molecule has 0 radical (unpaired) electrons. The van der Waals surface area contributed by atoms with Crippen molar-refractivity contribution in [3.63, 3.8) is 0 Å². The van der Waals surface area contributed by atoms with Gasteiger partial charge in [-0.05, 0) is 0 Å². The van der Waals surface area contributed by atoms with Crippen LogP contribution in [0.2, 0.25) is 0 Å². The maximum atomic E-state index is 11.9. The van der Waals surface area contributed by atoms with Crippen molar-refractivity contribution in [2.24, 2.45) is 0 Å². The average molecular weight is 358 g/mol. The molecule has 16 heavy (non-hydrogen) atoms. The molecule has 1 aromatic carbocycles. The summed E-state index contributed by atoms with van der Waals surface area (Å²) < 4.78 is 71.5. The van der Waals surface area contributed by atoms with Gasteiger partial charge < -0.3 is 0 Å². The normalized spacial score (nSPS) is 11.8. The summed E-state index contributed by atoms with van der Waals surface area (Å²) in [5.41, 5.74) is -2.36. The van der Waals surface area contributed by atoms with Crippen molar-refractivity contribution in [1.29, 1.82) is 0 Å². The van der Waals surface area contributed by atoms with E-state index in [2.05, 4.69) is 13.6 Å². The van der Waals surface area contributed by atoms with E-state index in [0.29, 0.717) is 12.1 Å². The maximum absolute atomic E-state index is 11.9. The van der Waals surface area contributed by atoms with E-state index < -0.39 is 23.5 Å². The van der Waals surface area contributed by atoms with E-state index >= 15 is 0 Å². The molecule has 0 N–H and O–H groups in total. The van der Waals surface area contributed by atoms with Gasteiger partial charge in [0.05, 0.1) is 0 Å². The molecule has 0 aromatic heterocycles. The summed E-state index contributed by atoms with van der Waals surface area (Å²) in [5, 5.41) is 0. The number of rotatable bonds is 0. The third-order valence-electron chi connectivity index (χ3n) is 1.45. The molecule has 0 unspecified atom stereocenters. The Morgan fingerprint density at radius 2 is 1.44 bits per heavy atom. The monoisotopic (exact) mass is 356 g/mol. The van der Waals surface area contributed by atoms with Crippen molar-refractivity contribution in [2.45, 2.75) is 12.4 Å². The number of hydrogen-bond donors (Lipinski definition) is 0. The zero-order valence-electron chi connectivity index (χ0n) is 7.58. The zero-order valence-corrected chi connectivity index (χ0v) is 12.1. The Bertz CT molecular complexity index is 282. The van der Waals surface area contributed by atoms with Gasteiger partial charge in [0.2, 0.25) is 0 Å². The van der Waals surface area contributed by atoms with Crippen molar-refractivity contribution in [2.75, 3.05) is 0 Å². The van der Waals surface area contributed by atoms with Gasteiger partial charge >= 0.3 is 42.3 Å². The Hall–Kier alpha value is -0.0966. The summed E-state index contributed by atoms with van der Waals surface area (Å²) in [5.74, 6) is 0. The fourth-order valence-electron chi connectivity index (χ4n) is 0.777. The first kappa shape index (κ1) is 15.9. The third kappa shape index (κ3) is 4.83.